The zero-order valence-corrected chi connectivity index (χ0v) is 11.9. The summed E-state index contributed by atoms with van der Waals surface area (Å²) in [5.41, 5.74) is 0.790. The van der Waals surface area contributed by atoms with E-state index in [0.717, 1.165) is 5.56 Å². The number of amides is 1. The Labute approximate surface area is 122 Å². The number of carbonyl (C=O) groups excluding carboxylic acids is 1. The average Bonchev–Trinajstić information content (AvgIpc) is 3.00. The van der Waals surface area contributed by atoms with Gasteiger partial charge in [0.1, 0.15) is 5.75 Å². The minimum absolute atomic E-state index is 0.0477. The lowest BCUT2D eigenvalue weighted by Crippen LogP contribution is -2.38. The van der Waals surface area contributed by atoms with E-state index in [4.69, 9.17) is 13.9 Å². The molecular formula is C14H17N3O4. The summed E-state index contributed by atoms with van der Waals surface area (Å²) in [6, 6.07) is 7.00. The molecular weight excluding hydrogens is 274 g/mol. The number of aromatic nitrogens is 2. The first-order chi connectivity index (χ1) is 10.2. The monoisotopic (exact) mass is 291 g/mol. The van der Waals surface area contributed by atoms with Crippen molar-refractivity contribution in [1.82, 2.24) is 15.5 Å². The molecule has 0 aliphatic heterocycles. The van der Waals surface area contributed by atoms with E-state index in [1.165, 1.54) is 6.39 Å². The Morgan fingerprint density at radius 2 is 2.14 bits per heavy atom. The third-order valence-corrected chi connectivity index (χ3v) is 2.66. The smallest absolute Gasteiger partial charge is 0.258 e. The van der Waals surface area contributed by atoms with E-state index >= 15 is 0 Å². The summed E-state index contributed by atoms with van der Waals surface area (Å²) in [6.45, 7) is 2.28. The van der Waals surface area contributed by atoms with Gasteiger partial charge in [0, 0.05) is 18.7 Å². The largest absolute Gasteiger partial charge is 0.484 e. The van der Waals surface area contributed by atoms with Crippen LogP contribution >= 0.6 is 0 Å². The fraction of sp³-hybridized carbons (Fsp3) is 0.357. The number of carbonyl (C=O) groups is 1. The maximum atomic E-state index is 11.6. The second-order valence-corrected chi connectivity index (χ2v) is 4.48. The zero-order valence-electron chi connectivity index (χ0n) is 11.9. The van der Waals surface area contributed by atoms with Crippen molar-refractivity contribution in [2.45, 2.75) is 13.0 Å². The summed E-state index contributed by atoms with van der Waals surface area (Å²) < 4.78 is 15.4. The fourth-order valence-corrected chi connectivity index (χ4v) is 1.75. The summed E-state index contributed by atoms with van der Waals surface area (Å²) in [7, 11) is 1.59. The van der Waals surface area contributed by atoms with Crippen LogP contribution in [0.1, 0.15) is 6.92 Å². The minimum Gasteiger partial charge on any atom is -0.484 e. The Morgan fingerprint density at radius 3 is 2.76 bits per heavy atom. The summed E-state index contributed by atoms with van der Waals surface area (Å²) in [5, 5.41) is 10.2. The van der Waals surface area contributed by atoms with E-state index in [9.17, 15) is 4.79 Å². The van der Waals surface area contributed by atoms with Crippen LogP contribution < -0.4 is 10.1 Å². The van der Waals surface area contributed by atoms with Crippen molar-refractivity contribution < 1.29 is 18.7 Å². The molecule has 112 valence electrons. The SMILES string of the molecule is COCC(C)NC(=O)COc1ccc(-c2nnco2)cc1. The molecule has 7 nitrogen and oxygen atoms in total. The summed E-state index contributed by atoms with van der Waals surface area (Å²) in [4.78, 5) is 11.6. The Kier molecular flexibility index (Phi) is 5.28. The van der Waals surface area contributed by atoms with Crippen LogP contribution in [0.25, 0.3) is 11.5 Å². The molecule has 0 radical (unpaired) electrons. The van der Waals surface area contributed by atoms with E-state index in [0.29, 0.717) is 18.2 Å². The van der Waals surface area contributed by atoms with E-state index < -0.39 is 0 Å². The molecule has 1 unspecified atom stereocenters. The van der Waals surface area contributed by atoms with E-state index in [-0.39, 0.29) is 18.6 Å². The van der Waals surface area contributed by atoms with Crippen LogP contribution in [-0.2, 0) is 9.53 Å². The summed E-state index contributed by atoms with van der Waals surface area (Å²) >= 11 is 0. The van der Waals surface area contributed by atoms with Gasteiger partial charge in [0.05, 0.1) is 6.61 Å². The molecule has 0 saturated carbocycles. The first kappa shape index (κ1) is 15.0. The molecule has 2 rings (SSSR count). The molecule has 1 heterocycles. The number of benzene rings is 1. The molecule has 0 spiro atoms. The van der Waals surface area contributed by atoms with Crippen LogP contribution in [0.4, 0.5) is 0 Å². The number of nitrogens with one attached hydrogen (secondary N) is 1. The number of ether oxygens (including phenoxy) is 2. The van der Waals surface area contributed by atoms with Crippen molar-refractivity contribution in [3.63, 3.8) is 0 Å². The van der Waals surface area contributed by atoms with Gasteiger partial charge in [-0.15, -0.1) is 10.2 Å². The zero-order chi connectivity index (χ0) is 15.1. The van der Waals surface area contributed by atoms with Gasteiger partial charge < -0.3 is 19.2 Å². The molecule has 0 bridgehead atoms. The maximum Gasteiger partial charge on any atom is 0.258 e. The van der Waals surface area contributed by atoms with E-state index in [1.807, 2.05) is 6.92 Å². The lowest BCUT2D eigenvalue weighted by Gasteiger charge is -2.13. The Hall–Kier alpha value is -2.41. The third-order valence-electron chi connectivity index (χ3n) is 2.66. The quantitative estimate of drug-likeness (QED) is 0.826. The molecule has 1 aromatic carbocycles. The molecule has 0 saturated heterocycles. The maximum absolute atomic E-state index is 11.6. The Morgan fingerprint density at radius 1 is 1.38 bits per heavy atom. The molecule has 1 aromatic heterocycles. The van der Waals surface area contributed by atoms with Crippen molar-refractivity contribution in [3.8, 4) is 17.2 Å². The molecule has 21 heavy (non-hydrogen) atoms. The van der Waals surface area contributed by atoms with Crippen LogP contribution in [0.2, 0.25) is 0 Å². The van der Waals surface area contributed by atoms with E-state index in [1.54, 1.807) is 31.4 Å². The highest BCUT2D eigenvalue weighted by molar-refractivity contribution is 5.77. The normalized spacial score (nSPS) is 11.9. The highest BCUT2D eigenvalue weighted by Crippen LogP contribution is 2.19. The molecule has 7 heteroatoms. The van der Waals surface area contributed by atoms with Gasteiger partial charge in [-0.2, -0.15) is 0 Å². The van der Waals surface area contributed by atoms with Crippen molar-refractivity contribution in [1.29, 1.82) is 0 Å². The third kappa shape index (κ3) is 4.57. The molecule has 0 aliphatic rings. The fourth-order valence-electron chi connectivity index (χ4n) is 1.75. The van der Waals surface area contributed by atoms with Crippen LogP contribution in [0.5, 0.6) is 5.75 Å². The van der Waals surface area contributed by atoms with Crippen molar-refractivity contribution in [3.05, 3.63) is 30.7 Å². The lowest BCUT2D eigenvalue weighted by molar-refractivity contribution is -0.124. The van der Waals surface area contributed by atoms with Crippen LogP contribution in [0.15, 0.2) is 35.1 Å². The number of methoxy groups -OCH3 is 1. The molecule has 1 amide bonds. The van der Waals surface area contributed by atoms with Crippen LogP contribution in [-0.4, -0.2) is 42.5 Å². The second-order valence-electron chi connectivity index (χ2n) is 4.48. The average molecular weight is 291 g/mol. The van der Waals surface area contributed by atoms with Gasteiger partial charge in [0.2, 0.25) is 12.3 Å². The number of rotatable bonds is 7. The standard InChI is InChI=1S/C14H17N3O4/c1-10(7-19-2)16-13(18)8-20-12-5-3-11(4-6-12)14-17-15-9-21-14/h3-6,9-10H,7-8H2,1-2H3,(H,16,18). The van der Waals surface area contributed by atoms with Gasteiger partial charge >= 0.3 is 0 Å². The Balaban J connectivity index is 1.82. The summed E-state index contributed by atoms with van der Waals surface area (Å²) in [6.07, 6.45) is 1.27. The molecule has 1 N–H and O–H groups in total. The first-order valence-electron chi connectivity index (χ1n) is 6.46. The van der Waals surface area contributed by atoms with Gasteiger partial charge in [-0.1, -0.05) is 0 Å². The molecule has 0 aliphatic carbocycles. The van der Waals surface area contributed by atoms with Crippen molar-refractivity contribution in [2.75, 3.05) is 20.3 Å². The van der Waals surface area contributed by atoms with Gasteiger partial charge in [-0.3, -0.25) is 4.79 Å². The highest BCUT2D eigenvalue weighted by Gasteiger charge is 2.08. The van der Waals surface area contributed by atoms with Crippen molar-refractivity contribution >= 4 is 5.91 Å². The predicted octanol–water partition coefficient (Wildman–Crippen LogP) is 1.27. The molecule has 0 fully saturated rings. The number of nitrogens with zero attached hydrogens (tertiary/aromatic N) is 2. The topological polar surface area (TPSA) is 86.5 Å². The van der Waals surface area contributed by atoms with Crippen LogP contribution in [0.3, 0.4) is 0 Å². The lowest BCUT2D eigenvalue weighted by atomic mass is 10.2. The predicted molar refractivity (Wildman–Crippen MR) is 74.7 cm³/mol. The van der Waals surface area contributed by atoms with Crippen LogP contribution in [0, 0.1) is 0 Å². The highest BCUT2D eigenvalue weighted by atomic mass is 16.5. The van der Waals surface area contributed by atoms with Crippen molar-refractivity contribution in [2.24, 2.45) is 0 Å². The van der Waals surface area contributed by atoms with Gasteiger partial charge in [-0.25, -0.2) is 0 Å². The second kappa shape index (κ2) is 7.39. The minimum atomic E-state index is -0.194. The van der Waals surface area contributed by atoms with Gasteiger partial charge in [0.25, 0.3) is 5.91 Å². The first-order valence-corrected chi connectivity index (χ1v) is 6.46. The molecule has 2 aromatic rings. The van der Waals surface area contributed by atoms with Gasteiger partial charge in [0.15, 0.2) is 6.61 Å². The Bertz CT molecular complexity index is 554. The summed E-state index contributed by atoms with van der Waals surface area (Å²) in [5.74, 6) is 0.834. The van der Waals surface area contributed by atoms with Gasteiger partial charge in [-0.05, 0) is 31.2 Å². The number of hydrogen-bond donors (Lipinski definition) is 1. The number of hydrogen-bond acceptors (Lipinski definition) is 6. The molecule has 1 atom stereocenters. The van der Waals surface area contributed by atoms with E-state index in [2.05, 4.69) is 15.5 Å².